The van der Waals surface area contributed by atoms with Crippen LogP contribution in [0.5, 0.6) is 0 Å². The summed E-state index contributed by atoms with van der Waals surface area (Å²) in [4.78, 5) is 10.4. The molecule has 1 aromatic rings. The fraction of sp³-hybridized carbons (Fsp3) is 0.222. The Balaban J connectivity index is 2.54. The highest BCUT2D eigenvalue weighted by Gasteiger charge is 2.10. The summed E-state index contributed by atoms with van der Waals surface area (Å²) in [7, 11) is 0. The first-order valence-electron chi connectivity index (χ1n) is 4.08. The fourth-order valence-corrected chi connectivity index (χ4v) is 1.34. The van der Waals surface area contributed by atoms with E-state index in [0.717, 1.165) is 10.2 Å². The number of para-hydroxylation sites is 1. The average Bonchev–Trinajstić information content (AvgIpc) is 2.16. The third kappa shape index (κ3) is 3.01. The van der Waals surface area contributed by atoms with E-state index in [0.29, 0.717) is 0 Å². The number of hydrogen-bond donors (Lipinski definition) is 3. The Kier molecular flexibility index (Phi) is 3.91. The van der Waals surface area contributed by atoms with Crippen molar-refractivity contribution in [3.8, 4) is 0 Å². The van der Waals surface area contributed by atoms with Gasteiger partial charge in [0.15, 0.2) is 0 Å². The maximum atomic E-state index is 10.4. The zero-order chi connectivity index (χ0) is 10.6. The van der Waals surface area contributed by atoms with E-state index in [1.165, 1.54) is 0 Å². The Morgan fingerprint density at radius 1 is 1.57 bits per heavy atom. The summed E-state index contributed by atoms with van der Waals surface area (Å²) < 4.78 is 0.887. The van der Waals surface area contributed by atoms with E-state index in [9.17, 15) is 4.79 Å². The number of carbonyl (C=O) groups is 1. The van der Waals surface area contributed by atoms with Gasteiger partial charge in [-0.2, -0.15) is 0 Å². The van der Waals surface area contributed by atoms with Gasteiger partial charge in [0, 0.05) is 16.7 Å². The highest BCUT2D eigenvalue weighted by molar-refractivity contribution is 9.10. The molecule has 4 N–H and O–H groups in total. The van der Waals surface area contributed by atoms with E-state index in [1.54, 1.807) is 0 Å². The van der Waals surface area contributed by atoms with Gasteiger partial charge in [-0.3, -0.25) is 4.79 Å². The van der Waals surface area contributed by atoms with Crippen LogP contribution in [0.15, 0.2) is 28.7 Å². The normalized spacial score (nSPS) is 12.1. The van der Waals surface area contributed by atoms with Gasteiger partial charge in [0.1, 0.15) is 6.04 Å². The Bertz CT molecular complexity index is 330. The minimum atomic E-state index is -1.01. The van der Waals surface area contributed by atoms with Crippen LogP contribution in [-0.4, -0.2) is 23.7 Å². The summed E-state index contributed by atoms with van der Waals surface area (Å²) in [6.45, 7) is 0.206. The summed E-state index contributed by atoms with van der Waals surface area (Å²) in [6.07, 6.45) is 0. The molecule has 4 nitrogen and oxygen atoms in total. The molecule has 0 aliphatic heterocycles. The lowest BCUT2D eigenvalue weighted by Crippen LogP contribution is -2.36. The third-order valence-electron chi connectivity index (χ3n) is 1.70. The zero-order valence-corrected chi connectivity index (χ0v) is 8.99. The summed E-state index contributed by atoms with van der Waals surface area (Å²) in [6, 6.07) is 6.57. The smallest absolute Gasteiger partial charge is 0.322 e. The maximum absolute atomic E-state index is 10.4. The second-order valence-electron chi connectivity index (χ2n) is 2.81. The number of nitrogens with two attached hydrogens (primary N) is 1. The molecule has 0 aliphatic carbocycles. The highest BCUT2D eigenvalue weighted by atomic mass is 79.9. The van der Waals surface area contributed by atoms with Gasteiger partial charge in [0.25, 0.3) is 0 Å². The number of aliphatic carboxylic acids is 1. The van der Waals surface area contributed by atoms with Gasteiger partial charge in [-0.15, -0.1) is 0 Å². The first-order valence-corrected chi connectivity index (χ1v) is 4.87. The van der Waals surface area contributed by atoms with Crippen LogP contribution in [0.25, 0.3) is 0 Å². The van der Waals surface area contributed by atoms with Crippen LogP contribution >= 0.6 is 15.9 Å². The van der Waals surface area contributed by atoms with E-state index in [4.69, 9.17) is 10.8 Å². The van der Waals surface area contributed by atoms with Crippen molar-refractivity contribution in [1.29, 1.82) is 0 Å². The number of benzene rings is 1. The van der Waals surface area contributed by atoms with Gasteiger partial charge in [-0.1, -0.05) is 12.1 Å². The van der Waals surface area contributed by atoms with Crippen molar-refractivity contribution < 1.29 is 9.90 Å². The molecule has 1 unspecified atom stereocenters. The molecular weight excluding hydrogens is 248 g/mol. The second kappa shape index (κ2) is 4.97. The molecule has 0 aromatic heterocycles. The molecule has 1 rings (SSSR count). The molecule has 76 valence electrons. The summed E-state index contributed by atoms with van der Waals surface area (Å²) in [5.41, 5.74) is 6.17. The molecule has 14 heavy (non-hydrogen) atoms. The minimum absolute atomic E-state index is 0.206. The van der Waals surface area contributed by atoms with Crippen molar-refractivity contribution in [2.24, 2.45) is 5.73 Å². The lowest BCUT2D eigenvalue weighted by molar-refractivity contribution is -0.138. The van der Waals surface area contributed by atoms with Crippen molar-refractivity contribution in [3.63, 3.8) is 0 Å². The lowest BCUT2D eigenvalue weighted by Gasteiger charge is -2.10. The molecule has 0 bridgehead atoms. The SMILES string of the molecule is NC(CNc1ccccc1Br)C(=O)O. The number of nitrogens with one attached hydrogen (secondary N) is 1. The largest absolute Gasteiger partial charge is 0.480 e. The maximum Gasteiger partial charge on any atom is 0.322 e. The van der Waals surface area contributed by atoms with Crippen LogP contribution in [0.1, 0.15) is 0 Å². The monoisotopic (exact) mass is 258 g/mol. The molecule has 0 aliphatic rings. The van der Waals surface area contributed by atoms with Gasteiger partial charge < -0.3 is 16.2 Å². The van der Waals surface area contributed by atoms with E-state index in [2.05, 4.69) is 21.2 Å². The molecule has 0 heterocycles. The standard InChI is InChI=1S/C9H11BrN2O2/c10-6-3-1-2-4-8(6)12-5-7(11)9(13)14/h1-4,7,12H,5,11H2,(H,13,14). The molecule has 0 fully saturated rings. The van der Waals surface area contributed by atoms with Gasteiger partial charge in [0.2, 0.25) is 0 Å². The number of anilines is 1. The van der Waals surface area contributed by atoms with Crippen molar-refractivity contribution in [3.05, 3.63) is 28.7 Å². The highest BCUT2D eigenvalue weighted by Crippen LogP contribution is 2.20. The van der Waals surface area contributed by atoms with Crippen LogP contribution in [-0.2, 0) is 4.79 Å². The molecule has 0 radical (unpaired) electrons. The number of hydrogen-bond acceptors (Lipinski definition) is 3. The van der Waals surface area contributed by atoms with Crippen molar-refractivity contribution >= 4 is 27.6 Å². The number of rotatable bonds is 4. The van der Waals surface area contributed by atoms with Crippen molar-refractivity contribution in [2.45, 2.75) is 6.04 Å². The van der Waals surface area contributed by atoms with E-state index in [-0.39, 0.29) is 6.54 Å². The number of carboxylic acids is 1. The molecule has 1 atom stereocenters. The third-order valence-corrected chi connectivity index (χ3v) is 2.39. The van der Waals surface area contributed by atoms with Gasteiger partial charge in [-0.05, 0) is 28.1 Å². The Morgan fingerprint density at radius 3 is 2.79 bits per heavy atom. The molecular formula is C9H11BrN2O2. The Labute approximate surface area is 90.2 Å². The quantitative estimate of drug-likeness (QED) is 0.761. The predicted octanol–water partition coefficient (Wildman–Crippen LogP) is 1.27. The number of carboxylic acid groups (broad SMARTS) is 1. The molecule has 0 amide bonds. The average molecular weight is 259 g/mol. The van der Waals surface area contributed by atoms with Gasteiger partial charge >= 0.3 is 5.97 Å². The predicted molar refractivity (Wildman–Crippen MR) is 58.2 cm³/mol. The van der Waals surface area contributed by atoms with Crippen molar-refractivity contribution in [2.75, 3.05) is 11.9 Å². The van der Waals surface area contributed by atoms with E-state index < -0.39 is 12.0 Å². The molecule has 1 aromatic carbocycles. The van der Waals surface area contributed by atoms with Crippen LogP contribution in [0.2, 0.25) is 0 Å². The molecule has 0 saturated carbocycles. The Morgan fingerprint density at radius 2 is 2.21 bits per heavy atom. The van der Waals surface area contributed by atoms with E-state index in [1.807, 2.05) is 24.3 Å². The summed E-state index contributed by atoms with van der Waals surface area (Å²) in [5, 5.41) is 11.5. The van der Waals surface area contributed by atoms with Crippen LogP contribution in [0, 0.1) is 0 Å². The second-order valence-corrected chi connectivity index (χ2v) is 3.66. The minimum Gasteiger partial charge on any atom is -0.480 e. The fourth-order valence-electron chi connectivity index (χ4n) is 0.912. The van der Waals surface area contributed by atoms with Crippen LogP contribution in [0.3, 0.4) is 0 Å². The zero-order valence-electron chi connectivity index (χ0n) is 7.40. The van der Waals surface area contributed by atoms with Crippen LogP contribution in [0.4, 0.5) is 5.69 Å². The lowest BCUT2D eigenvalue weighted by atomic mass is 10.3. The topological polar surface area (TPSA) is 75.3 Å². The van der Waals surface area contributed by atoms with E-state index >= 15 is 0 Å². The summed E-state index contributed by atoms with van der Waals surface area (Å²) in [5.74, 6) is -1.01. The molecule has 0 saturated heterocycles. The first kappa shape index (κ1) is 11.0. The first-order chi connectivity index (χ1) is 6.61. The van der Waals surface area contributed by atoms with Crippen molar-refractivity contribution in [1.82, 2.24) is 0 Å². The van der Waals surface area contributed by atoms with Gasteiger partial charge in [0.05, 0.1) is 0 Å². The van der Waals surface area contributed by atoms with Gasteiger partial charge in [-0.25, -0.2) is 0 Å². The van der Waals surface area contributed by atoms with Crippen LogP contribution < -0.4 is 11.1 Å². The molecule has 0 spiro atoms. The summed E-state index contributed by atoms with van der Waals surface area (Å²) >= 11 is 3.33. The number of halogens is 1. The molecule has 5 heteroatoms. The Hall–Kier alpha value is -1.07.